The lowest BCUT2D eigenvalue weighted by Gasteiger charge is -2.05. The van der Waals surface area contributed by atoms with E-state index in [1.54, 1.807) is 12.1 Å². The predicted octanol–water partition coefficient (Wildman–Crippen LogP) is 3.97. The van der Waals surface area contributed by atoms with E-state index in [0.717, 1.165) is 15.8 Å². The van der Waals surface area contributed by atoms with E-state index in [0.29, 0.717) is 23.7 Å². The SMILES string of the molecule is CC(=O)Nc1nc2ccc(CCC(=O)Nc3cccc(F)c3)cc2s1. The van der Waals surface area contributed by atoms with Gasteiger partial charge in [0.1, 0.15) is 5.82 Å². The molecule has 1 heterocycles. The number of aromatic nitrogens is 1. The van der Waals surface area contributed by atoms with Crippen LogP contribution in [0.5, 0.6) is 0 Å². The van der Waals surface area contributed by atoms with E-state index >= 15 is 0 Å². The van der Waals surface area contributed by atoms with Crippen LogP contribution < -0.4 is 10.6 Å². The molecule has 0 spiro atoms. The van der Waals surface area contributed by atoms with Gasteiger partial charge in [-0.2, -0.15) is 0 Å². The van der Waals surface area contributed by atoms with Crippen molar-refractivity contribution in [2.24, 2.45) is 0 Å². The normalized spacial score (nSPS) is 10.6. The number of amides is 2. The number of hydrogen-bond acceptors (Lipinski definition) is 4. The number of rotatable bonds is 5. The van der Waals surface area contributed by atoms with Gasteiger partial charge in [0.2, 0.25) is 11.8 Å². The van der Waals surface area contributed by atoms with Gasteiger partial charge in [0, 0.05) is 19.0 Å². The van der Waals surface area contributed by atoms with Crippen molar-refractivity contribution in [3.8, 4) is 0 Å². The van der Waals surface area contributed by atoms with Crippen molar-refractivity contribution < 1.29 is 14.0 Å². The maximum atomic E-state index is 13.1. The minimum Gasteiger partial charge on any atom is -0.326 e. The fourth-order valence-corrected chi connectivity index (χ4v) is 3.35. The van der Waals surface area contributed by atoms with Crippen LogP contribution >= 0.6 is 11.3 Å². The number of benzene rings is 2. The number of fused-ring (bicyclic) bond motifs is 1. The molecule has 0 aliphatic rings. The van der Waals surface area contributed by atoms with Crippen molar-refractivity contribution in [3.63, 3.8) is 0 Å². The van der Waals surface area contributed by atoms with Gasteiger partial charge < -0.3 is 10.6 Å². The summed E-state index contributed by atoms with van der Waals surface area (Å²) in [5, 5.41) is 5.91. The van der Waals surface area contributed by atoms with Gasteiger partial charge in [-0.1, -0.05) is 23.5 Å². The first-order chi connectivity index (χ1) is 12.0. The molecule has 25 heavy (non-hydrogen) atoms. The minimum absolute atomic E-state index is 0.159. The number of aryl methyl sites for hydroxylation is 1. The van der Waals surface area contributed by atoms with Gasteiger partial charge in [0.15, 0.2) is 5.13 Å². The Bertz CT molecular complexity index is 939. The van der Waals surface area contributed by atoms with Crippen LogP contribution in [0.2, 0.25) is 0 Å². The first-order valence-corrected chi connectivity index (χ1v) is 8.54. The molecule has 0 fully saturated rings. The van der Waals surface area contributed by atoms with E-state index < -0.39 is 0 Å². The lowest BCUT2D eigenvalue weighted by Crippen LogP contribution is -2.12. The van der Waals surface area contributed by atoms with Crippen LogP contribution in [0.1, 0.15) is 18.9 Å². The molecule has 5 nitrogen and oxygen atoms in total. The molecule has 2 N–H and O–H groups in total. The number of nitrogens with zero attached hydrogens (tertiary/aromatic N) is 1. The van der Waals surface area contributed by atoms with Crippen molar-refractivity contribution in [1.82, 2.24) is 4.98 Å². The second kappa shape index (κ2) is 7.40. The fraction of sp³-hybridized carbons (Fsp3) is 0.167. The maximum absolute atomic E-state index is 13.1. The summed E-state index contributed by atoms with van der Waals surface area (Å²) in [5.74, 6) is -0.717. The predicted molar refractivity (Wildman–Crippen MR) is 97.3 cm³/mol. The summed E-state index contributed by atoms with van der Waals surface area (Å²) in [6, 6.07) is 11.6. The summed E-state index contributed by atoms with van der Waals surface area (Å²) in [5.41, 5.74) is 2.25. The Hall–Kier alpha value is -2.80. The van der Waals surface area contributed by atoms with Crippen molar-refractivity contribution in [3.05, 3.63) is 53.8 Å². The molecule has 0 bridgehead atoms. The van der Waals surface area contributed by atoms with Crippen LogP contribution in [0.15, 0.2) is 42.5 Å². The zero-order valence-corrected chi connectivity index (χ0v) is 14.3. The molecular weight excluding hydrogens is 341 g/mol. The van der Waals surface area contributed by atoms with Crippen LogP contribution in [0.4, 0.5) is 15.2 Å². The van der Waals surface area contributed by atoms with E-state index in [2.05, 4.69) is 15.6 Å². The van der Waals surface area contributed by atoms with Crippen LogP contribution in [-0.2, 0) is 16.0 Å². The molecule has 0 unspecified atom stereocenters. The number of halogens is 1. The summed E-state index contributed by atoms with van der Waals surface area (Å²) in [6.07, 6.45) is 0.851. The zero-order valence-electron chi connectivity index (χ0n) is 13.5. The highest BCUT2D eigenvalue weighted by Crippen LogP contribution is 2.27. The second-order valence-electron chi connectivity index (χ2n) is 5.56. The van der Waals surface area contributed by atoms with Crippen LogP contribution in [0.25, 0.3) is 10.2 Å². The van der Waals surface area contributed by atoms with Crippen molar-refractivity contribution >= 4 is 44.2 Å². The van der Waals surface area contributed by atoms with Crippen molar-refractivity contribution in [2.75, 3.05) is 10.6 Å². The molecule has 2 amide bonds. The number of thiazole rings is 1. The lowest BCUT2D eigenvalue weighted by molar-refractivity contribution is -0.116. The van der Waals surface area contributed by atoms with Crippen molar-refractivity contribution in [1.29, 1.82) is 0 Å². The summed E-state index contributed by atoms with van der Waals surface area (Å²) < 4.78 is 14.1. The van der Waals surface area contributed by atoms with Crippen molar-refractivity contribution in [2.45, 2.75) is 19.8 Å². The number of carbonyl (C=O) groups is 2. The third-order valence-corrected chi connectivity index (χ3v) is 4.42. The molecule has 0 atom stereocenters. The zero-order chi connectivity index (χ0) is 17.8. The number of carbonyl (C=O) groups excluding carboxylic acids is 2. The Morgan fingerprint density at radius 1 is 1.16 bits per heavy atom. The average Bonchev–Trinajstić information content (AvgIpc) is 2.93. The molecule has 3 rings (SSSR count). The topological polar surface area (TPSA) is 71.1 Å². The first kappa shape index (κ1) is 17.0. The van der Waals surface area contributed by atoms with Gasteiger partial charge in [0.05, 0.1) is 10.2 Å². The summed E-state index contributed by atoms with van der Waals surface area (Å²) in [6.45, 7) is 1.44. The highest BCUT2D eigenvalue weighted by Gasteiger charge is 2.08. The van der Waals surface area contributed by atoms with E-state index in [9.17, 15) is 14.0 Å². The fourth-order valence-electron chi connectivity index (χ4n) is 2.38. The molecule has 3 aromatic rings. The Labute approximate surface area is 147 Å². The quantitative estimate of drug-likeness (QED) is 0.726. The van der Waals surface area contributed by atoms with Crippen LogP contribution in [-0.4, -0.2) is 16.8 Å². The second-order valence-corrected chi connectivity index (χ2v) is 6.59. The molecule has 0 saturated heterocycles. The summed E-state index contributed by atoms with van der Waals surface area (Å²) in [7, 11) is 0. The highest BCUT2D eigenvalue weighted by atomic mass is 32.1. The van der Waals surface area contributed by atoms with Gasteiger partial charge in [-0.3, -0.25) is 9.59 Å². The lowest BCUT2D eigenvalue weighted by atomic mass is 10.1. The number of nitrogens with one attached hydrogen (secondary N) is 2. The summed E-state index contributed by atoms with van der Waals surface area (Å²) >= 11 is 1.39. The first-order valence-electron chi connectivity index (χ1n) is 7.72. The molecule has 0 radical (unpaired) electrons. The Morgan fingerprint density at radius 2 is 2.00 bits per heavy atom. The third-order valence-electron chi connectivity index (χ3n) is 3.48. The Balaban J connectivity index is 1.62. The third kappa shape index (κ3) is 4.60. The highest BCUT2D eigenvalue weighted by molar-refractivity contribution is 7.22. The minimum atomic E-state index is -0.386. The molecular formula is C18H16FN3O2S. The van der Waals surface area contributed by atoms with Crippen LogP contribution in [0, 0.1) is 5.82 Å². The average molecular weight is 357 g/mol. The molecule has 0 saturated carbocycles. The molecule has 0 aliphatic carbocycles. The molecule has 1 aromatic heterocycles. The Morgan fingerprint density at radius 3 is 2.76 bits per heavy atom. The molecule has 0 aliphatic heterocycles. The molecule has 2 aromatic carbocycles. The number of anilines is 2. The van der Waals surface area contributed by atoms with Gasteiger partial charge in [-0.25, -0.2) is 9.37 Å². The standard InChI is InChI=1S/C18H16FN3O2S/c1-11(23)20-18-22-15-7-5-12(9-16(15)25-18)6-8-17(24)21-14-4-2-3-13(19)10-14/h2-5,7,9-10H,6,8H2,1H3,(H,21,24)(H,20,22,23). The van der Waals surface area contributed by atoms with Gasteiger partial charge in [-0.15, -0.1) is 0 Å². The van der Waals surface area contributed by atoms with E-state index in [4.69, 9.17) is 0 Å². The summed E-state index contributed by atoms with van der Waals surface area (Å²) in [4.78, 5) is 27.4. The molecule has 128 valence electrons. The van der Waals surface area contributed by atoms with E-state index in [1.807, 2.05) is 18.2 Å². The largest absolute Gasteiger partial charge is 0.326 e. The maximum Gasteiger partial charge on any atom is 0.224 e. The monoisotopic (exact) mass is 357 g/mol. The number of hydrogen-bond donors (Lipinski definition) is 2. The van der Waals surface area contributed by atoms with E-state index in [-0.39, 0.29) is 17.6 Å². The van der Waals surface area contributed by atoms with Crippen LogP contribution in [0.3, 0.4) is 0 Å². The van der Waals surface area contributed by atoms with Gasteiger partial charge in [0.25, 0.3) is 0 Å². The van der Waals surface area contributed by atoms with Gasteiger partial charge >= 0.3 is 0 Å². The van der Waals surface area contributed by atoms with E-state index in [1.165, 1.54) is 30.4 Å². The Kier molecular flexibility index (Phi) is 5.04. The van der Waals surface area contributed by atoms with Gasteiger partial charge in [-0.05, 0) is 42.3 Å². The smallest absolute Gasteiger partial charge is 0.224 e. The molecule has 7 heteroatoms.